The van der Waals surface area contributed by atoms with Crippen LogP contribution in [0.4, 0.5) is 0 Å². The zero-order valence-electron chi connectivity index (χ0n) is 13.2. The van der Waals surface area contributed by atoms with Crippen molar-refractivity contribution >= 4 is 5.97 Å². The number of esters is 1. The lowest BCUT2D eigenvalue weighted by molar-refractivity contribution is -0.194. The van der Waals surface area contributed by atoms with Crippen LogP contribution < -0.4 is 4.89 Å². The van der Waals surface area contributed by atoms with E-state index in [9.17, 15) is 4.79 Å². The Hall–Kier alpha value is -2.37. The summed E-state index contributed by atoms with van der Waals surface area (Å²) in [6, 6.07) is 14.8. The number of hydrogen-bond acceptors (Lipinski definition) is 5. The van der Waals surface area contributed by atoms with Crippen LogP contribution in [0.5, 0.6) is 5.75 Å². The largest absolute Gasteiger partial charge is 0.453 e. The van der Waals surface area contributed by atoms with E-state index >= 15 is 0 Å². The van der Waals surface area contributed by atoms with Crippen molar-refractivity contribution in [3.8, 4) is 5.75 Å². The Morgan fingerprint density at radius 3 is 2.74 bits per heavy atom. The second-order valence-corrected chi connectivity index (χ2v) is 5.73. The Morgan fingerprint density at radius 2 is 2.00 bits per heavy atom. The molecule has 2 aromatic carbocycles. The summed E-state index contributed by atoms with van der Waals surface area (Å²) in [5, 5.41) is 0. The Balaban J connectivity index is 1.82. The number of carbonyl (C=O) groups excluding carboxylic acids is 1. The highest BCUT2D eigenvalue weighted by Crippen LogP contribution is 2.31. The maximum Gasteiger partial charge on any atom is 0.338 e. The van der Waals surface area contributed by atoms with E-state index in [2.05, 4.69) is 0 Å². The quantitative estimate of drug-likeness (QED) is 0.627. The van der Waals surface area contributed by atoms with Gasteiger partial charge in [-0.1, -0.05) is 30.3 Å². The molecule has 1 aliphatic heterocycles. The van der Waals surface area contributed by atoms with E-state index < -0.39 is 0 Å². The van der Waals surface area contributed by atoms with E-state index in [0.717, 1.165) is 11.1 Å². The molecule has 0 saturated carbocycles. The van der Waals surface area contributed by atoms with Crippen LogP contribution in [0.1, 0.15) is 27.6 Å². The minimum atomic E-state index is -0.382. The molecule has 120 valence electrons. The van der Waals surface area contributed by atoms with Crippen molar-refractivity contribution in [2.75, 3.05) is 20.6 Å². The summed E-state index contributed by atoms with van der Waals surface area (Å²) in [5.74, 6) is 0.345. The third-order valence-corrected chi connectivity index (χ3v) is 3.62. The number of ether oxygens (including phenoxy) is 1. The first-order valence-corrected chi connectivity index (χ1v) is 7.46. The van der Waals surface area contributed by atoms with Gasteiger partial charge in [-0.15, -0.1) is 0 Å². The molecule has 23 heavy (non-hydrogen) atoms. The van der Waals surface area contributed by atoms with Crippen LogP contribution in [-0.4, -0.2) is 31.5 Å². The molecule has 5 heteroatoms. The molecule has 0 spiro atoms. The molecule has 0 saturated heterocycles. The van der Waals surface area contributed by atoms with Gasteiger partial charge in [0.05, 0.1) is 5.56 Å². The first-order valence-electron chi connectivity index (χ1n) is 7.46. The minimum Gasteiger partial charge on any atom is -0.453 e. The third kappa shape index (κ3) is 3.70. The maximum atomic E-state index is 12.3. The van der Waals surface area contributed by atoms with Crippen molar-refractivity contribution in [1.82, 2.24) is 4.90 Å². The standard InChI is InChI=1S/C18H19NO4/c1-19(2)11-17(22-18(20)13-6-4-3-5-7-13)14-8-9-15-12-21-23-16(15)10-14/h3-10,17H,11-12H2,1-2H3. The van der Waals surface area contributed by atoms with Crippen LogP contribution in [0.2, 0.25) is 0 Å². The van der Waals surface area contributed by atoms with Gasteiger partial charge in [-0.25, -0.2) is 4.79 Å². The molecule has 1 unspecified atom stereocenters. The molecule has 0 bridgehead atoms. The molecule has 0 amide bonds. The van der Waals surface area contributed by atoms with Gasteiger partial charge >= 0.3 is 5.97 Å². The topological polar surface area (TPSA) is 48.0 Å². The predicted octanol–water partition coefficient (Wildman–Crippen LogP) is 2.97. The molecule has 0 fully saturated rings. The van der Waals surface area contributed by atoms with Crippen molar-refractivity contribution in [3.63, 3.8) is 0 Å². The number of benzene rings is 2. The average molecular weight is 313 g/mol. The fourth-order valence-electron chi connectivity index (χ4n) is 2.44. The van der Waals surface area contributed by atoms with Crippen LogP contribution in [0.3, 0.4) is 0 Å². The molecule has 0 N–H and O–H groups in total. The number of carbonyl (C=O) groups is 1. The summed E-state index contributed by atoms with van der Waals surface area (Å²) in [6.07, 6.45) is -0.382. The molecule has 0 radical (unpaired) electrons. The van der Waals surface area contributed by atoms with Gasteiger partial charge in [0.25, 0.3) is 0 Å². The van der Waals surface area contributed by atoms with Crippen molar-refractivity contribution < 1.29 is 19.3 Å². The van der Waals surface area contributed by atoms with E-state index in [-0.39, 0.29) is 12.1 Å². The summed E-state index contributed by atoms with van der Waals surface area (Å²) < 4.78 is 5.72. The van der Waals surface area contributed by atoms with Gasteiger partial charge in [0.15, 0.2) is 5.75 Å². The summed E-state index contributed by atoms with van der Waals surface area (Å²) in [7, 11) is 3.88. The second kappa shape index (κ2) is 6.81. The van der Waals surface area contributed by atoms with Crippen LogP contribution in [0.25, 0.3) is 0 Å². The van der Waals surface area contributed by atoms with Crippen molar-refractivity contribution in [2.24, 2.45) is 0 Å². The van der Waals surface area contributed by atoms with Gasteiger partial charge in [-0.3, -0.25) is 0 Å². The normalized spacial score (nSPS) is 14.2. The van der Waals surface area contributed by atoms with E-state index in [4.69, 9.17) is 14.5 Å². The third-order valence-electron chi connectivity index (χ3n) is 3.62. The van der Waals surface area contributed by atoms with E-state index in [1.54, 1.807) is 12.1 Å². The first kappa shape index (κ1) is 15.5. The molecular weight excluding hydrogens is 294 g/mol. The zero-order valence-corrected chi connectivity index (χ0v) is 13.2. The monoisotopic (exact) mass is 313 g/mol. The SMILES string of the molecule is CN(C)CC(OC(=O)c1ccccc1)c1ccc2c(c1)OOC2. The number of fused-ring (bicyclic) bond motifs is 1. The van der Waals surface area contributed by atoms with Gasteiger partial charge < -0.3 is 14.5 Å². The molecule has 1 aliphatic rings. The van der Waals surface area contributed by atoms with E-state index in [1.165, 1.54) is 0 Å². The molecule has 1 atom stereocenters. The Bertz CT molecular complexity index is 685. The Labute approximate surface area is 135 Å². The highest BCUT2D eigenvalue weighted by atomic mass is 17.2. The van der Waals surface area contributed by atoms with Crippen LogP contribution >= 0.6 is 0 Å². The lowest BCUT2D eigenvalue weighted by atomic mass is 10.1. The Morgan fingerprint density at radius 1 is 1.22 bits per heavy atom. The molecule has 0 aromatic heterocycles. The molecular formula is C18H19NO4. The van der Waals surface area contributed by atoms with E-state index in [0.29, 0.717) is 24.5 Å². The summed E-state index contributed by atoms with van der Waals surface area (Å²) >= 11 is 0. The maximum absolute atomic E-state index is 12.3. The number of rotatable bonds is 5. The van der Waals surface area contributed by atoms with Crippen molar-refractivity contribution in [1.29, 1.82) is 0 Å². The summed E-state index contributed by atoms with van der Waals surface area (Å²) in [5.41, 5.74) is 2.41. The average Bonchev–Trinajstić information content (AvgIpc) is 3.02. The Kier molecular flexibility index (Phi) is 4.60. The number of nitrogens with zero attached hydrogens (tertiary/aromatic N) is 1. The first-order chi connectivity index (χ1) is 11.1. The van der Waals surface area contributed by atoms with Gasteiger partial charge in [-0.2, -0.15) is 4.89 Å². The van der Waals surface area contributed by atoms with E-state index in [1.807, 2.05) is 55.4 Å². The molecule has 5 nitrogen and oxygen atoms in total. The van der Waals surface area contributed by atoms with Crippen LogP contribution in [0.15, 0.2) is 48.5 Å². The van der Waals surface area contributed by atoms with Gasteiger partial charge in [0.2, 0.25) is 0 Å². The van der Waals surface area contributed by atoms with Gasteiger partial charge in [0, 0.05) is 12.1 Å². The van der Waals surface area contributed by atoms with Crippen LogP contribution in [-0.2, 0) is 16.2 Å². The number of hydrogen-bond donors (Lipinski definition) is 0. The van der Waals surface area contributed by atoms with Crippen LogP contribution in [0, 0.1) is 0 Å². The highest BCUT2D eigenvalue weighted by Gasteiger charge is 2.22. The fourth-order valence-corrected chi connectivity index (χ4v) is 2.44. The highest BCUT2D eigenvalue weighted by molar-refractivity contribution is 5.89. The second-order valence-electron chi connectivity index (χ2n) is 5.73. The predicted molar refractivity (Wildman–Crippen MR) is 85.0 cm³/mol. The smallest absolute Gasteiger partial charge is 0.338 e. The summed E-state index contributed by atoms with van der Waals surface area (Å²) in [6.45, 7) is 1.02. The summed E-state index contributed by atoms with van der Waals surface area (Å²) in [4.78, 5) is 24.4. The molecule has 1 heterocycles. The fraction of sp³-hybridized carbons (Fsp3) is 0.278. The van der Waals surface area contributed by atoms with Crippen molar-refractivity contribution in [2.45, 2.75) is 12.7 Å². The molecule has 2 aromatic rings. The molecule has 0 aliphatic carbocycles. The van der Waals surface area contributed by atoms with Crippen molar-refractivity contribution in [3.05, 3.63) is 65.2 Å². The zero-order chi connectivity index (χ0) is 16.2. The number of likely N-dealkylation sites (N-methyl/N-ethyl adjacent to an activating group) is 1. The lowest BCUT2D eigenvalue weighted by Gasteiger charge is -2.22. The lowest BCUT2D eigenvalue weighted by Crippen LogP contribution is -2.24. The molecule has 3 rings (SSSR count). The van der Waals surface area contributed by atoms with Gasteiger partial charge in [-0.05, 0) is 37.9 Å². The minimum absolute atomic E-state index is 0.338. The van der Waals surface area contributed by atoms with Gasteiger partial charge in [0.1, 0.15) is 12.7 Å².